The summed E-state index contributed by atoms with van der Waals surface area (Å²) in [5, 5.41) is 3.08. The van der Waals surface area contributed by atoms with Gasteiger partial charge in [-0.15, -0.1) is 0 Å². The van der Waals surface area contributed by atoms with Gasteiger partial charge in [-0.25, -0.2) is 8.42 Å². The van der Waals surface area contributed by atoms with Crippen LogP contribution in [-0.2, 0) is 26.2 Å². The second-order valence-corrected chi connectivity index (χ2v) is 11.6. The van der Waals surface area contributed by atoms with Gasteiger partial charge in [0.25, 0.3) is 10.0 Å². The molecule has 202 valence electrons. The smallest absolute Gasteiger partial charge is 0.264 e. The minimum Gasteiger partial charge on any atom is -0.352 e. The van der Waals surface area contributed by atoms with Gasteiger partial charge in [0.15, 0.2) is 0 Å². The molecule has 38 heavy (non-hydrogen) atoms. The zero-order chi connectivity index (χ0) is 27.9. The Hall–Kier alpha value is -3.36. The number of para-hydroxylation sites is 1. The van der Waals surface area contributed by atoms with Crippen molar-refractivity contribution in [3.63, 3.8) is 0 Å². The van der Waals surface area contributed by atoms with E-state index in [4.69, 9.17) is 11.6 Å². The Bertz CT molecular complexity index is 1360. The Kier molecular flexibility index (Phi) is 9.94. The van der Waals surface area contributed by atoms with Crippen molar-refractivity contribution in [2.75, 3.05) is 10.8 Å². The van der Waals surface area contributed by atoms with Gasteiger partial charge in [0, 0.05) is 12.6 Å². The van der Waals surface area contributed by atoms with Crippen molar-refractivity contribution in [2.24, 2.45) is 0 Å². The van der Waals surface area contributed by atoms with Gasteiger partial charge in [-0.05, 0) is 62.6 Å². The van der Waals surface area contributed by atoms with E-state index in [2.05, 4.69) is 5.32 Å². The van der Waals surface area contributed by atoms with Crippen molar-refractivity contribution in [3.05, 3.63) is 95.0 Å². The van der Waals surface area contributed by atoms with Gasteiger partial charge in [0.2, 0.25) is 11.8 Å². The SMILES string of the molecule is CCC(C(=O)NC(C)C)N(Cc1ccccc1C)C(=O)CN(c1ccccc1Cl)S(=O)(=O)c1ccccc1. The highest BCUT2D eigenvalue weighted by Crippen LogP contribution is 2.31. The maximum absolute atomic E-state index is 14.0. The molecular weight excluding hydrogens is 522 g/mol. The number of hydrogen-bond donors (Lipinski definition) is 1. The van der Waals surface area contributed by atoms with Crippen LogP contribution in [0.25, 0.3) is 0 Å². The third-order valence-electron chi connectivity index (χ3n) is 6.15. The minimum absolute atomic E-state index is 0.0303. The average Bonchev–Trinajstić information content (AvgIpc) is 2.88. The highest BCUT2D eigenvalue weighted by molar-refractivity contribution is 7.92. The standard InChI is InChI=1S/C29H34ClN3O4S/c1-5-26(29(35)31-21(2)3)32(19-23-14-10-9-13-22(23)4)28(34)20-33(27-18-12-11-17-25(27)30)38(36,37)24-15-7-6-8-16-24/h6-18,21,26H,5,19-20H2,1-4H3,(H,31,35). The number of carbonyl (C=O) groups is 2. The fourth-order valence-electron chi connectivity index (χ4n) is 4.16. The highest BCUT2D eigenvalue weighted by Gasteiger charge is 2.34. The van der Waals surface area contributed by atoms with Gasteiger partial charge in [-0.2, -0.15) is 0 Å². The Balaban J connectivity index is 2.08. The van der Waals surface area contributed by atoms with E-state index < -0.39 is 28.5 Å². The molecule has 2 amide bonds. The molecule has 0 fully saturated rings. The zero-order valence-corrected chi connectivity index (χ0v) is 23.7. The first-order valence-corrected chi connectivity index (χ1v) is 14.3. The zero-order valence-electron chi connectivity index (χ0n) is 22.1. The number of aryl methyl sites for hydroxylation is 1. The molecule has 3 aromatic rings. The molecule has 7 nitrogen and oxygen atoms in total. The summed E-state index contributed by atoms with van der Waals surface area (Å²) in [6, 6.07) is 21.1. The van der Waals surface area contributed by atoms with Crippen molar-refractivity contribution >= 4 is 39.1 Å². The topological polar surface area (TPSA) is 86.8 Å². The quantitative estimate of drug-likeness (QED) is 0.353. The fourth-order valence-corrected chi connectivity index (χ4v) is 5.90. The van der Waals surface area contributed by atoms with Crippen molar-refractivity contribution in [1.82, 2.24) is 10.2 Å². The van der Waals surface area contributed by atoms with E-state index in [1.165, 1.54) is 17.0 Å². The number of halogens is 1. The number of carbonyl (C=O) groups excluding carboxylic acids is 2. The van der Waals surface area contributed by atoms with Crippen molar-refractivity contribution in [2.45, 2.75) is 57.6 Å². The molecule has 1 atom stereocenters. The lowest BCUT2D eigenvalue weighted by Crippen LogP contribution is -2.53. The molecule has 1 N–H and O–H groups in total. The lowest BCUT2D eigenvalue weighted by Gasteiger charge is -2.34. The normalized spacial score (nSPS) is 12.2. The molecule has 0 bridgehead atoms. The van der Waals surface area contributed by atoms with Gasteiger partial charge in [0.1, 0.15) is 12.6 Å². The number of hydrogen-bond acceptors (Lipinski definition) is 4. The molecular formula is C29H34ClN3O4S. The number of sulfonamides is 1. The van der Waals surface area contributed by atoms with Crippen LogP contribution in [0.1, 0.15) is 38.3 Å². The van der Waals surface area contributed by atoms with Crippen LogP contribution >= 0.6 is 11.6 Å². The highest BCUT2D eigenvalue weighted by atomic mass is 35.5. The number of nitrogens with one attached hydrogen (secondary N) is 1. The summed E-state index contributed by atoms with van der Waals surface area (Å²) in [5.41, 5.74) is 2.01. The summed E-state index contributed by atoms with van der Waals surface area (Å²) in [6.45, 7) is 7.08. The fraction of sp³-hybridized carbons (Fsp3) is 0.310. The van der Waals surface area contributed by atoms with E-state index in [-0.39, 0.29) is 34.1 Å². The van der Waals surface area contributed by atoms with E-state index in [0.29, 0.717) is 6.42 Å². The molecule has 0 radical (unpaired) electrons. The van der Waals surface area contributed by atoms with Gasteiger partial charge in [-0.1, -0.05) is 73.1 Å². The van der Waals surface area contributed by atoms with Crippen LogP contribution in [0.3, 0.4) is 0 Å². The first-order chi connectivity index (χ1) is 18.1. The second kappa shape index (κ2) is 12.9. The number of rotatable bonds is 11. The summed E-state index contributed by atoms with van der Waals surface area (Å²) in [6.07, 6.45) is 0.355. The molecule has 0 aliphatic carbocycles. The molecule has 0 aliphatic heterocycles. The van der Waals surface area contributed by atoms with E-state index in [1.54, 1.807) is 42.5 Å². The first kappa shape index (κ1) is 29.2. The Morgan fingerprint density at radius 3 is 2.13 bits per heavy atom. The maximum atomic E-state index is 14.0. The predicted molar refractivity (Wildman–Crippen MR) is 152 cm³/mol. The Labute approximate surface area is 230 Å². The summed E-state index contributed by atoms with van der Waals surface area (Å²) in [5.74, 6) is -0.807. The lowest BCUT2D eigenvalue weighted by molar-refractivity contribution is -0.140. The monoisotopic (exact) mass is 555 g/mol. The predicted octanol–water partition coefficient (Wildman–Crippen LogP) is 5.18. The second-order valence-electron chi connectivity index (χ2n) is 9.31. The lowest BCUT2D eigenvalue weighted by atomic mass is 10.1. The van der Waals surface area contributed by atoms with E-state index >= 15 is 0 Å². The molecule has 0 aliphatic rings. The van der Waals surface area contributed by atoms with Crippen LogP contribution in [0, 0.1) is 6.92 Å². The number of nitrogens with zero attached hydrogens (tertiary/aromatic N) is 2. The Morgan fingerprint density at radius 2 is 1.53 bits per heavy atom. The molecule has 9 heteroatoms. The molecule has 0 aromatic heterocycles. The summed E-state index contributed by atoms with van der Waals surface area (Å²) in [7, 11) is -4.16. The number of amides is 2. The molecule has 3 rings (SSSR count). The largest absolute Gasteiger partial charge is 0.352 e. The first-order valence-electron chi connectivity index (χ1n) is 12.5. The molecule has 0 saturated heterocycles. The van der Waals surface area contributed by atoms with Crippen molar-refractivity contribution in [3.8, 4) is 0 Å². The molecule has 0 saturated carbocycles. The van der Waals surface area contributed by atoms with E-state index in [0.717, 1.165) is 15.4 Å². The Morgan fingerprint density at radius 1 is 0.921 bits per heavy atom. The summed E-state index contributed by atoms with van der Waals surface area (Å²) >= 11 is 6.43. The van der Waals surface area contributed by atoms with Crippen molar-refractivity contribution < 1.29 is 18.0 Å². The van der Waals surface area contributed by atoms with Crippen LogP contribution < -0.4 is 9.62 Å². The molecule has 0 heterocycles. The van der Waals surface area contributed by atoms with Crippen LogP contribution in [0.2, 0.25) is 5.02 Å². The van der Waals surface area contributed by atoms with E-state index in [9.17, 15) is 18.0 Å². The van der Waals surface area contributed by atoms with Crippen molar-refractivity contribution in [1.29, 1.82) is 0 Å². The third kappa shape index (κ3) is 6.94. The maximum Gasteiger partial charge on any atom is 0.264 e. The van der Waals surface area contributed by atoms with Gasteiger partial charge >= 0.3 is 0 Å². The van der Waals surface area contributed by atoms with Crippen LogP contribution in [-0.4, -0.2) is 43.8 Å². The van der Waals surface area contributed by atoms with Crippen LogP contribution in [0.5, 0.6) is 0 Å². The number of benzene rings is 3. The summed E-state index contributed by atoms with van der Waals surface area (Å²) in [4.78, 5) is 28.7. The van der Waals surface area contributed by atoms with Crippen LogP contribution in [0.15, 0.2) is 83.8 Å². The average molecular weight is 556 g/mol. The van der Waals surface area contributed by atoms with E-state index in [1.807, 2.05) is 52.0 Å². The molecule has 3 aromatic carbocycles. The third-order valence-corrected chi connectivity index (χ3v) is 8.24. The van der Waals surface area contributed by atoms with Crippen LogP contribution in [0.4, 0.5) is 5.69 Å². The molecule has 1 unspecified atom stereocenters. The van der Waals surface area contributed by atoms with Gasteiger partial charge in [0.05, 0.1) is 15.6 Å². The number of anilines is 1. The van der Waals surface area contributed by atoms with Gasteiger partial charge < -0.3 is 10.2 Å². The summed E-state index contributed by atoms with van der Waals surface area (Å²) < 4.78 is 28.6. The minimum atomic E-state index is -4.16. The van der Waals surface area contributed by atoms with Gasteiger partial charge in [-0.3, -0.25) is 13.9 Å². The molecule has 0 spiro atoms.